The SMILES string of the molecule is Nc1cc2c(c(Br)c1Br)Cc1ccccc1-2. The second-order valence-corrected chi connectivity index (χ2v) is 5.54. The Morgan fingerprint density at radius 1 is 1.00 bits per heavy atom. The number of rotatable bonds is 0. The normalized spacial score (nSPS) is 12.4. The number of hydrogen-bond acceptors (Lipinski definition) is 1. The lowest BCUT2D eigenvalue weighted by Gasteiger charge is -2.08. The first-order chi connectivity index (χ1) is 7.68. The van der Waals surface area contributed by atoms with Crippen LogP contribution in [0.25, 0.3) is 11.1 Å². The highest BCUT2D eigenvalue weighted by Gasteiger charge is 2.22. The number of nitrogen functional groups attached to an aromatic ring is 1. The van der Waals surface area contributed by atoms with Gasteiger partial charge in [-0.2, -0.15) is 0 Å². The van der Waals surface area contributed by atoms with Crippen molar-refractivity contribution in [3.8, 4) is 11.1 Å². The number of benzene rings is 2. The second kappa shape index (κ2) is 3.60. The summed E-state index contributed by atoms with van der Waals surface area (Å²) in [7, 11) is 0. The molecule has 2 aromatic rings. The van der Waals surface area contributed by atoms with E-state index in [0.29, 0.717) is 0 Å². The van der Waals surface area contributed by atoms with Gasteiger partial charge in [-0.3, -0.25) is 0 Å². The fraction of sp³-hybridized carbons (Fsp3) is 0.0769. The minimum Gasteiger partial charge on any atom is -0.398 e. The quantitative estimate of drug-likeness (QED) is 0.605. The molecule has 3 heteroatoms. The molecule has 0 aromatic heterocycles. The minimum absolute atomic E-state index is 0.780. The van der Waals surface area contributed by atoms with Crippen LogP contribution in [0, 0.1) is 0 Å². The Morgan fingerprint density at radius 2 is 1.75 bits per heavy atom. The molecular formula is C13H9Br2N. The molecule has 0 fully saturated rings. The van der Waals surface area contributed by atoms with E-state index in [1.807, 2.05) is 0 Å². The lowest BCUT2D eigenvalue weighted by molar-refractivity contribution is 1.24. The Kier molecular flexibility index (Phi) is 2.33. The number of anilines is 1. The van der Waals surface area contributed by atoms with E-state index in [0.717, 1.165) is 21.1 Å². The fourth-order valence-electron chi connectivity index (χ4n) is 2.22. The van der Waals surface area contributed by atoms with Gasteiger partial charge in [0.1, 0.15) is 0 Å². The van der Waals surface area contributed by atoms with Gasteiger partial charge in [0.25, 0.3) is 0 Å². The molecule has 0 saturated heterocycles. The molecule has 0 bridgehead atoms. The fourth-order valence-corrected chi connectivity index (χ4v) is 3.16. The van der Waals surface area contributed by atoms with Gasteiger partial charge in [0.2, 0.25) is 0 Å². The van der Waals surface area contributed by atoms with Crippen molar-refractivity contribution in [2.45, 2.75) is 6.42 Å². The van der Waals surface area contributed by atoms with Crippen LogP contribution in [0.5, 0.6) is 0 Å². The van der Waals surface area contributed by atoms with Crippen molar-refractivity contribution >= 4 is 37.5 Å². The predicted molar refractivity (Wildman–Crippen MR) is 74.5 cm³/mol. The Bertz CT molecular complexity index is 591. The first kappa shape index (κ1) is 10.4. The molecule has 1 aliphatic carbocycles. The van der Waals surface area contributed by atoms with Crippen LogP contribution < -0.4 is 5.73 Å². The maximum atomic E-state index is 5.97. The number of fused-ring (bicyclic) bond motifs is 3. The Balaban J connectivity index is 2.34. The van der Waals surface area contributed by atoms with Crippen molar-refractivity contribution < 1.29 is 0 Å². The standard InChI is InChI=1S/C13H9Br2N/c14-12-10-5-7-3-1-2-4-8(7)9(10)6-11(16)13(12)15/h1-4,6H,5,16H2. The molecule has 0 saturated carbocycles. The molecule has 0 atom stereocenters. The molecule has 2 N–H and O–H groups in total. The smallest absolute Gasteiger partial charge is 0.0550 e. The van der Waals surface area contributed by atoms with Gasteiger partial charge in [-0.05, 0) is 66.6 Å². The van der Waals surface area contributed by atoms with Gasteiger partial charge in [0.05, 0.1) is 4.47 Å². The molecule has 1 aliphatic rings. The molecule has 0 radical (unpaired) electrons. The van der Waals surface area contributed by atoms with Crippen LogP contribution in [0.15, 0.2) is 39.3 Å². The maximum Gasteiger partial charge on any atom is 0.0550 e. The molecule has 0 aliphatic heterocycles. The number of hydrogen-bond donors (Lipinski definition) is 1. The highest BCUT2D eigenvalue weighted by atomic mass is 79.9. The topological polar surface area (TPSA) is 26.0 Å². The van der Waals surface area contributed by atoms with Crippen LogP contribution >= 0.6 is 31.9 Å². The van der Waals surface area contributed by atoms with E-state index < -0.39 is 0 Å². The first-order valence-electron chi connectivity index (χ1n) is 5.03. The van der Waals surface area contributed by atoms with Crippen molar-refractivity contribution in [1.82, 2.24) is 0 Å². The van der Waals surface area contributed by atoms with E-state index in [-0.39, 0.29) is 0 Å². The lowest BCUT2D eigenvalue weighted by atomic mass is 10.1. The molecule has 16 heavy (non-hydrogen) atoms. The van der Waals surface area contributed by atoms with Crippen LogP contribution in [0.1, 0.15) is 11.1 Å². The molecule has 1 nitrogen and oxygen atoms in total. The van der Waals surface area contributed by atoms with Crippen molar-refractivity contribution in [1.29, 1.82) is 0 Å². The van der Waals surface area contributed by atoms with E-state index in [1.54, 1.807) is 0 Å². The highest BCUT2D eigenvalue weighted by Crippen LogP contribution is 2.45. The van der Waals surface area contributed by atoms with Gasteiger partial charge in [-0.1, -0.05) is 24.3 Å². The second-order valence-electron chi connectivity index (χ2n) is 3.95. The third-order valence-corrected chi connectivity index (χ3v) is 5.27. The Hall–Kier alpha value is -0.800. The summed E-state index contributed by atoms with van der Waals surface area (Å²) in [4.78, 5) is 0. The van der Waals surface area contributed by atoms with E-state index in [1.165, 1.54) is 22.3 Å². The van der Waals surface area contributed by atoms with Crippen LogP contribution in [0.2, 0.25) is 0 Å². The van der Waals surface area contributed by atoms with Crippen LogP contribution in [-0.4, -0.2) is 0 Å². The Labute approximate surface area is 111 Å². The van der Waals surface area contributed by atoms with Gasteiger partial charge in [0, 0.05) is 10.2 Å². The third kappa shape index (κ3) is 1.35. The summed E-state index contributed by atoms with van der Waals surface area (Å²) in [6.07, 6.45) is 0.977. The number of halogens is 2. The maximum absolute atomic E-state index is 5.97. The molecule has 3 rings (SSSR count). The van der Waals surface area contributed by atoms with E-state index in [4.69, 9.17) is 5.73 Å². The summed E-state index contributed by atoms with van der Waals surface area (Å²) in [5.41, 5.74) is 12.0. The molecule has 0 heterocycles. The summed E-state index contributed by atoms with van der Waals surface area (Å²) < 4.78 is 2.04. The van der Waals surface area contributed by atoms with Gasteiger partial charge < -0.3 is 5.73 Å². The number of nitrogens with two attached hydrogens (primary N) is 1. The van der Waals surface area contributed by atoms with Crippen LogP contribution in [0.3, 0.4) is 0 Å². The summed E-state index contributed by atoms with van der Waals surface area (Å²) in [6.45, 7) is 0. The summed E-state index contributed by atoms with van der Waals surface area (Å²) in [5, 5.41) is 0. The lowest BCUT2D eigenvalue weighted by Crippen LogP contribution is -1.91. The van der Waals surface area contributed by atoms with Gasteiger partial charge in [0.15, 0.2) is 0 Å². The summed E-state index contributed by atoms with van der Waals surface area (Å²) in [6, 6.07) is 10.5. The van der Waals surface area contributed by atoms with Crippen LogP contribution in [-0.2, 0) is 6.42 Å². The Morgan fingerprint density at radius 3 is 2.56 bits per heavy atom. The highest BCUT2D eigenvalue weighted by molar-refractivity contribution is 9.13. The van der Waals surface area contributed by atoms with Crippen molar-refractivity contribution in [2.75, 3.05) is 5.73 Å². The first-order valence-corrected chi connectivity index (χ1v) is 6.61. The van der Waals surface area contributed by atoms with Crippen molar-refractivity contribution in [3.63, 3.8) is 0 Å². The predicted octanol–water partition coefficient (Wildman–Crippen LogP) is 4.37. The minimum atomic E-state index is 0.780. The van der Waals surface area contributed by atoms with Crippen molar-refractivity contribution in [3.05, 3.63) is 50.4 Å². The largest absolute Gasteiger partial charge is 0.398 e. The average Bonchev–Trinajstić information content (AvgIpc) is 2.65. The van der Waals surface area contributed by atoms with Gasteiger partial charge in [-0.25, -0.2) is 0 Å². The zero-order valence-corrected chi connectivity index (χ0v) is 11.6. The monoisotopic (exact) mass is 337 g/mol. The molecule has 80 valence electrons. The van der Waals surface area contributed by atoms with E-state index in [9.17, 15) is 0 Å². The molecule has 2 aromatic carbocycles. The zero-order valence-electron chi connectivity index (χ0n) is 8.43. The third-order valence-electron chi connectivity index (χ3n) is 3.01. The van der Waals surface area contributed by atoms with E-state index in [2.05, 4.69) is 62.2 Å². The van der Waals surface area contributed by atoms with E-state index >= 15 is 0 Å². The molecule has 0 unspecified atom stereocenters. The van der Waals surface area contributed by atoms with Crippen LogP contribution in [0.4, 0.5) is 5.69 Å². The summed E-state index contributed by atoms with van der Waals surface area (Å²) >= 11 is 7.12. The molecule has 0 amide bonds. The molecular weight excluding hydrogens is 330 g/mol. The zero-order chi connectivity index (χ0) is 11.3. The molecule has 0 spiro atoms. The average molecular weight is 339 g/mol. The van der Waals surface area contributed by atoms with Gasteiger partial charge >= 0.3 is 0 Å². The van der Waals surface area contributed by atoms with Crippen molar-refractivity contribution in [2.24, 2.45) is 0 Å². The summed E-state index contributed by atoms with van der Waals surface area (Å²) in [5.74, 6) is 0. The van der Waals surface area contributed by atoms with Gasteiger partial charge in [-0.15, -0.1) is 0 Å².